The number of benzene rings is 2. The number of nitrogens with zero attached hydrogens (tertiary/aromatic N) is 2. The summed E-state index contributed by atoms with van der Waals surface area (Å²) in [5, 5.41) is 2.05. The number of para-hydroxylation sites is 1. The largest absolute Gasteiger partial charge is 0.491 e. The van der Waals surface area contributed by atoms with Crippen LogP contribution in [0.4, 0.5) is 4.39 Å². The van der Waals surface area contributed by atoms with Crippen LogP contribution < -0.4 is 4.74 Å². The van der Waals surface area contributed by atoms with Crippen LogP contribution in [0.3, 0.4) is 0 Å². The zero-order chi connectivity index (χ0) is 24.9. The molecule has 0 N–H and O–H groups in total. The van der Waals surface area contributed by atoms with Crippen molar-refractivity contribution >= 4 is 23.2 Å². The van der Waals surface area contributed by atoms with Gasteiger partial charge in [0.15, 0.2) is 0 Å². The fraction of sp³-hybridized carbons (Fsp3) is 0.357. The highest BCUT2D eigenvalue weighted by molar-refractivity contribution is 7.10. The Morgan fingerprint density at radius 2 is 1.92 bits per heavy atom. The van der Waals surface area contributed by atoms with Crippen molar-refractivity contribution in [2.24, 2.45) is 0 Å². The number of amides is 2. The van der Waals surface area contributed by atoms with Crippen molar-refractivity contribution in [2.75, 3.05) is 32.8 Å². The molecule has 2 aliphatic heterocycles. The van der Waals surface area contributed by atoms with Crippen molar-refractivity contribution in [3.63, 3.8) is 0 Å². The smallest absolute Gasteiger partial charge is 0.254 e. The van der Waals surface area contributed by atoms with Crippen molar-refractivity contribution in [3.05, 3.63) is 87.9 Å². The molecular formula is C28H29FN2O4S. The molecule has 3 aromatic rings. The zero-order valence-electron chi connectivity index (χ0n) is 20.0. The van der Waals surface area contributed by atoms with Gasteiger partial charge in [0.2, 0.25) is 5.91 Å². The summed E-state index contributed by atoms with van der Waals surface area (Å²) < 4.78 is 25.3. The van der Waals surface area contributed by atoms with Crippen LogP contribution in [0.5, 0.6) is 5.75 Å². The lowest BCUT2D eigenvalue weighted by Crippen LogP contribution is -2.49. The fourth-order valence-corrected chi connectivity index (χ4v) is 5.78. The number of fused-ring (bicyclic) bond motifs is 1. The van der Waals surface area contributed by atoms with E-state index in [4.69, 9.17) is 9.47 Å². The number of carbonyl (C=O) groups excluding carboxylic acids is 2. The van der Waals surface area contributed by atoms with Gasteiger partial charge in [-0.15, -0.1) is 11.3 Å². The second kappa shape index (κ2) is 11.2. The Morgan fingerprint density at radius 3 is 2.67 bits per heavy atom. The second-order valence-electron chi connectivity index (χ2n) is 9.10. The maximum atomic E-state index is 13.7. The minimum Gasteiger partial charge on any atom is -0.491 e. The summed E-state index contributed by atoms with van der Waals surface area (Å²) in [6.45, 7) is 1.80. The number of hydrogen-bond acceptors (Lipinski definition) is 5. The summed E-state index contributed by atoms with van der Waals surface area (Å²) >= 11 is 1.70. The third-order valence-corrected chi connectivity index (χ3v) is 7.72. The summed E-state index contributed by atoms with van der Waals surface area (Å²) in [6, 6.07) is 16.8. The molecule has 1 fully saturated rings. The Labute approximate surface area is 214 Å². The summed E-state index contributed by atoms with van der Waals surface area (Å²) in [6.07, 6.45) is 2.45. The Morgan fingerprint density at radius 1 is 1.11 bits per heavy atom. The SMILES string of the molecule is O=C(c1ccc(F)cc1)N(CC(=O)N1CCc2sccc2[C@@H]1COc1ccccc1)C[C@H]1CCCO1. The van der Waals surface area contributed by atoms with Crippen molar-refractivity contribution in [3.8, 4) is 5.75 Å². The molecule has 36 heavy (non-hydrogen) atoms. The van der Waals surface area contributed by atoms with E-state index in [1.807, 2.05) is 35.2 Å². The Balaban J connectivity index is 1.35. The maximum absolute atomic E-state index is 13.7. The van der Waals surface area contributed by atoms with Gasteiger partial charge in [0.05, 0.1) is 12.1 Å². The lowest BCUT2D eigenvalue weighted by molar-refractivity contribution is -0.135. The zero-order valence-corrected chi connectivity index (χ0v) is 20.8. The number of carbonyl (C=O) groups is 2. The first-order chi connectivity index (χ1) is 17.6. The number of ether oxygens (including phenoxy) is 2. The molecule has 0 bridgehead atoms. The third kappa shape index (κ3) is 5.60. The molecule has 1 aromatic heterocycles. The van der Waals surface area contributed by atoms with E-state index in [1.54, 1.807) is 16.2 Å². The standard InChI is InChI=1S/C28H29FN2O4S/c29-21-10-8-20(9-11-21)28(33)30(17-23-7-4-15-34-23)18-27(32)31-14-12-26-24(13-16-36-26)25(31)19-35-22-5-2-1-3-6-22/h1-3,5-6,8-11,13,16,23,25H,4,7,12,14-15,17-19H2/t23-,25+/m1/s1. The van der Waals surface area contributed by atoms with Crippen LogP contribution in [0, 0.1) is 5.82 Å². The quantitative estimate of drug-likeness (QED) is 0.442. The lowest BCUT2D eigenvalue weighted by Gasteiger charge is -2.37. The Kier molecular flexibility index (Phi) is 7.63. The predicted octanol–water partition coefficient (Wildman–Crippen LogP) is 4.71. The van der Waals surface area contributed by atoms with Gasteiger partial charge in [0.25, 0.3) is 5.91 Å². The van der Waals surface area contributed by atoms with Crippen LogP contribution in [-0.4, -0.2) is 60.6 Å². The van der Waals surface area contributed by atoms with Gasteiger partial charge in [-0.05, 0) is 72.7 Å². The molecule has 3 heterocycles. The number of halogens is 1. The lowest BCUT2D eigenvalue weighted by atomic mass is 10.00. The summed E-state index contributed by atoms with van der Waals surface area (Å²) in [5.41, 5.74) is 1.45. The topological polar surface area (TPSA) is 59.1 Å². The molecule has 1 saturated heterocycles. The summed E-state index contributed by atoms with van der Waals surface area (Å²) in [7, 11) is 0. The van der Waals surface area contributed by atoms with E-state index in [0.717, 1.165) is 30.6 Å². The van der Waals surface area contributed by atoms with E-state index in [-0.39, 0.29) is 30.5 Å². The van der Waals surface area contributed by atoms with Crippen LogP contribution in [-0.2, 0) is 16.0 Å². The summed E-state index contributed by atoms with van der Waals surface area (Å²) in [4.78, 5) is 31.7. The molecule has 188 valence electrons. The molecule has 0 radical (unpaired) electrons. The van der Waals surface area contributed by atoms with Crippen molar-refractivity contribution in [1.29, 1.82) is 0 Å². The minimum absolute atomic E-state index is 0.0720. The molecule has 8 heteroatoms. The Bertz CT molecular complexity index is 1180. The van der Waals surface area contributed by atoms with Gasteiger partial charge in [-0.25, -0.2) is 4.39 Å². The van der Waals surface area contributed by atoms with E-state index < -0.39 is 5.82 Å². The fourth-order valence-electron chi connectivity index (χ4n) is 4.85. The monoisotopic (exact) mass is 508 g/mol. The van der Waals surface area contributed by atoms with E-state index in [0.29, 0.717) is 31.9 Å². The van der Waals surface area contributed by atoms with Gasteiger partial charge in [0.1, 0.15) is 24.7 Å². The molecular weight excluding hydrogens is 479 g/mol. The van der Waals surface area contributed by atoms with Crippen molar-refractivity contribution < 1.29 is 23.5 Å². The van der Waals surface area contributed by atoms with Crippen LogP contribution in [0.25, 0.3) is 0 Å². The molecule has 0 aliphatic carbocycles. The van der Waals surface area contributed by atoms with E-state index in [9.17, 15) is 14.0 Å². The second-order valence-corrected chi connectivity index (χ2v) is 10.1. The van der Waals surface area contributed by atoms with Crippen LogP contribution in [0.1, 0.15) is 39.7 Å². The van der Waals surface area contributed by atoms with E-state index in [1.165, 1.54) is 29.1 Å². The van der Waals surface area contributed by atoms with Gasteiger partial charge < -0.3 is 19.3 Å². The molecule has 2 atom stereocenters. The van der Waals surface area contributed by atoms with Crippen LogP contribution in [0.2, 0.25) is 0 Å². The highest BCUT2D eigenvalue weighted by atomic mass is 32.1. The molecule has 2 amide bonds. The average molecular weight is 509 g/mol. The maximum Gasteiger partial charge on any atom is 0.254 e. The highest BCUT2D eigenvalue weighted by Crippen LogP contribution is 2.34. The molecule has 5 rings (SSSR count). The van der Waals surface area contributed by atoms with Crippen LogP contribution in [0.15, 0.2) is 66.0 Å². The first-order valence-corrected chi connectivity index (χ1v) is 13.2. The number of rotatable bonds is 8. The van der Waals surface area contributed by atoms with E-state index in [2.05, 4.69) is 11.4 Å². The predicted molar refractivity (Wildman–Crippen MR) is 136 cm³/mol. The van der Waals surface area contributed by atoms with Gasteiger partial charge in [0, 0.05) is 30.1 Å². The molecule has 6 nitrogen and oxygen atoms in total. The van der Waals surface area contributed by atoms with Crippen LogP contribution >= 0.6 is 11.3 Å². The van der Waals surface area contributed by atoms with Crippen molar-refractivity contribution in [2.45, 2.75) is 31.4 Å². The number of thiophene rings is 1. The van der Waals surface area contributed by atoms with Gasteiger partial charge >= 0.3 is 0 Å². The van der Waals surface area contributed by atoms with Crippen molar-refractivity contribution in [1.82, 2.24) is 9.80 Å². The van der Waals surface area contributed by atoms with E-state index >= 15 is 0 Å². The highest BCUT2D eigenvalue weighted by Gasteiger charge is 2.34. The third-order valence-electron chi connectivity index (χ3n) is 6.72. The summed E-state index contributed by atoms with van der Waals surface area (Å²) in [5.74, 6) is -0.0978. The first kappa shape index (κ1) is 24.5. The number of hydrogen-bond donors (Lipinski definition) is 0. The molecule has 2 aromatic carbocycles. The average Bonchev–Trinajstić information content (AvgIpc) is 3.59. The van der Waals surface area contributed by atoms with Gasteiger partial charge in [-0.1, -0.05) is 18.2 Å². The molecule has 0 saturated carbocycles. The molecule has 0 unspecified atom stereocenters. The van der Waals surface area contributed by atoms with Gasteiger partial charge in [-0.3, -0.25) is 9.59 Å². The first-order valence-electron chi connectivity index (χ1n) is 12.3. The normalized spacial score (nSPS) is 19.1. The minimum atomic E-state index is -0.408. The molecule has 2 aliphatic rings. The Hall–Kier alpha value is -3.23. The molecule has 0 spiro atoms. The van der Waals surface area contributed by atoms with Gasteiger partial charge in [-0.2, -0.15) is 0 Å².